The Kier molecular flexibility index (Phi) is 5.35. The van der Waals surface area contributed by atoms with E-state index in [1.165, 1.54) is 19.4 Å². The predicted octanol–water partition coefficient (Wildman–Crippen LogP) is 0.326. The summed E-state index contributed by atoms with van der Waals surface area (Å²) in [7, 11) is 0. The lowest BCUT2D eigenvalue weighted by Gasteiger charge is -2.37. The molecule has 2 aliphatic heterocycles. The van der Waals surface area contributed by atoms with Gasteiger partial charge in [-0.15, -0.1) is 0 Å². The van der Waals surface area contributed by atoms with E-state index >= 15 is 0 Å². The predicted molar refractivity (Wildman–Crippen MR) is 57.0 cm³/mol. The van der Waals surface area contributed by atoms with Gasteiger partial charge in [-0.1, -0.05) is 20.3 Å². The SMILES string of the molecule is C1CC2NCCNC2CN1.CCC. The molecule has 0 aromatic carbocycles. The number of piperazine rings is 1. The second-order valence-electron chi connectivity index (χ2n) is 3.82. The maximum atomic E-state index is 3.52. The Balaban J connectivity index is 0.000000251. The molecule has 0 radical (unpaired) electrons. The zero-order chi connectivity index (χ0) is 9.52. The van der Waals surface area contributed by atoms with Crippen molar-refractivity contribution in [1.29, 1.82) is 0 Å². The molecule has 13 heavy (non-hydrogen) atoms. The molecule has 2 aliphatic rings. The average Bonchev–Trinajstić information content (AvgIpc) is 2.19. The first-order chi connectivity index (χ1) is 6.38. The molecule has 0 bridgehead atoms. The van der Waals surface area contributed by atoms with Crippen molar-refractivity contribution in [3.63, 3.8) is 0 Å². The van der Waals surface area contributed by atoms with Gasteiger partial charge in [0, 0.05) is 31.7 Å². The van der Waals surface area contributed by atoms with Gasteiger partial charge in [-0.2, -0.15) is 0 Å². The molecule has 0 spiro atoms. The van der Waals surface area contributed by atoms with Gasteiger partial charge in [-0.3, -0.25) is 0 Å². The highest BCUT2D eigenvalue weighted by molar-refractivity contribution is 4.91. The van der Waals surface area contributed by atoms with Crippen molar-refractivity contribution in [2.75, 3.05) is 26.2 Å². The minimum absolute atomic E-state index is 0.683. The van der Waals surface area contributed by atoms with E-state index in [0.29, 0.717) is 6.04 Å². The van der Waals surface area contributed by atoms with Crippen molar-refractivity contribution in [1.82, 2.24) is 16.0 Å². The number of fused-ring (bicyclic) bond motifs is 1. The van der Waals surface area contributed by atoms with Gasteiger partial charge >= 0.3 is 0 Å². The third kappa shape index (κ3) is 3.63. The summed E-state index contributed by atoms with van der Waals surface area (Å²) in [6.07, 6.45) is 2.53. The fourth-order valence-electron chi connectivity index (χ4n) is 1.83. The topological polar surface area (TPSA) is 36.1 Å². The van der Waals surface area contributed by atoms with Crippen LogP contribution in [0.1, 0.15) is 26.7 Å². The normalized spacial score (nSPS) is 32.8. The van der Waals surface area contributed by atoms with Crippen LogP contribution >= 0.6 is 0 Å². The van der Waals surface area contributed by atoms with Gasteiger partial charge in [0.1, 0.15) is 0 Å². The lowest BCUT2D eigenvalue weighted by atomic mass is 9.99. The van der Waals surface area contributed by atoms with Crippen LogP contribution in [0.4, 0.5) is 0 Å². The van der Waals surface area contributed by atoms with Crippen molar-refractivity contribution < 1.29 is 0 Å². The maximum Gasteiger partial charge on any atom is 0.0347 e. The zero-order valence-corrected chi connectivity index (χ0v) is 8.90. The van der Waals surface area contributed by atoms with Gasteiger partial charge in [0.15, 0.2) is 0 Å². The van der Waals surface area contributed by atoms with Gasteiger partial charge in [0.2, 0.25) is 0 Å². The summed E-state index contributed by atoms with van der Waals surface area (Å²) in [4.78, 5) is 0. The Hall–Kier alpha value is -0.120. The second-order valence-corrected chi connectivity index (χ2v) is 3.82. The number of piperidine rings is 1. The lowest BCUT2D eigenvalue weighted by molar-refractivity contribution is 0.264. The summed E-state index contributed by atoms with van der Waals surface area (Å²) in [5.74, 6) is 0. The van der Waals surface area contributed by atoms with E-state index in [2.05, 4.69) is 29.8 Å². The molecule has 2 heterocycles. The average molecular weight is 185 g/mol. The molecule has 78 valence electrons. The molecule has 0 aliphatic carbocycles. The van der Waals surface area contributed by atoms with Crippen LogP contribution in [-0.2, 0) is 0 Å². The van der Waals surface area contributed by atoms with Crippen LogP contribution in [0, 0.1) is 0 Å². The van der Waals surface area contributed by atoms with Gasteiger partial charge in [0.25, 0.3) is 0 Å². The summed E-state index contributed by atoms with van der Waals surface area (Å²) in [6, 6.07) is 1.41. The minimum atomic E-state index is 0.683. The summed E-state index contributed by atoms with van der Waals surface area (Å²) >= 11 is 0. The van der Waals surface area contributed by atoms with Crippen LogP contribution in [0.2, 0.25) is 0 Å². The van der Waals surface area contributed by atoms with E-state index < -0.39 is 0 Å². The Morgan fingerprint density at radius 2 is 1.62 bits per heavy atom. The fourth-order valence-corrected chi connectivity index (χ4v) is 1.83. The van der Waals surface area contributed by atoms with E-state index in [-0.39, 0.29) is 0 Å². The van der Waals surface area contributed by atoms with Crippen LogP contribution in [0.25, 0.3) is 0 Å². The van der Waals surface area contributed by atoms with Crippen LogP contribution in [0.5, 0.6) is 0 Å². The third-order valence-corrected chi connectivity index (χ3v) is 2.42. The smallest absolute Gasteiger partial charge is 0.0347 e. The molecule has 3 heteroatoms. The molecule has 0 aromatic heterocycles. The van der Waals surface area contributed by atoms with Crippen LogP contribution in [-0.4, -0.2) is 38.3 Å². The Bertz CT molecular complexity index is 101. The molecule has 3 nitrogen and oxygen atoms in total. The van der Waals surface area contributed by atoms with Crippen molar-refractivity contribution in [2.45, 2.75) is 38.8 Å². The molecule has 0 aromatic rings. The Morgan fingerprint density at radius 1 is 1.00 bits per heavy atom. The number of hydrogen-bond donors (Lipinski definition) is 3. The highest BCUT2D eigenvalue weighted by atomic mass is 15.1. The van der Waals surface area contributed by atoms with Crippen molar-refractivity contribution in [3.05, 3.63) is 0 Å². The quantitative estimate of drug-likeness (QED) is 0.509. The molecule has 0 amide bonds. The molecular formula is C10H23N3. The lowest BCUT2D eigenvalue weighted by Crippen LogP contribution is -2.62. The van der Waals surface area contributed by atoms with E-state index in [1.807, 2.05) is 0 Å². The van der Waals surface area contributed by atoms with Gasteiger partial charge < -0.3 is 16.0 Å². The monoisotopic (exact) mass is 185 g/mol. The summed E-state index contributed by atoms with van der Waals surface area (Å²) < 4.78 is 0. The third-order valence-electron chi connectivity index (χ3n) is 2.42. The first-order valence-corrected chi connectivity index (χ1v) is 5.56. The first-order valence-electron chi connectivity index (χ1n) is 5.56. The van der Waals surface area contributed by atoms with E-state index in [1.54, 1.807) is 0 Å². The van der Waals surface area contributed by atoms with Gasteiger partial charge in [0.05, 0.1) is 0 Å². The Labute approximate surface area is 81.7 Å². The molecule has 2 rings (SSSR count). The molecule has 2 unspecified atom stereocenters. The number of nitrogens with one attached hydrogen (secondary N) is 3. The van der Waals surface area contributed by atoms with E-state index in [4.69, 9.17) is 0 Å². The maximum absolute atomic E-state index is 3.52. The number of hydrogen-bond acceptors (Lipinski definition) is 3. The van der Waals surface area contributed by atoms with Crippen molar-refractivity contribution in [3.8, 4) is 0 Å². The number of rotatable bonds is 0. The van der Waals surface area contributed by atoms with Gasteiger partial charge in [-0.05, 0) is 13.0 Å². The summed E-state index contributed by atoms with van der Waals surface area (Å²) in [6.45, 7) is 8.83. The fraction of sp³-hybridized carbons (Fsp3) is 1.00. The molecule has 3 N–H and O–H groups in total. The van der Waals surface area contributed by atoms with Crippen molar-refractivity contribution in [2.24, 2.45) is 0 Å². The summed E-state index contributed by atoms with van der Waals surface area (Å²) in [5, 5.41) is 10.4. The Morgan fingerprint density at radius 3 is 2.23 bits per heavy atom. The minimum Gasteiger partial charge on any atom is -0.315 e. The van der Waals surface area contributed by atoms with Crippen LogP contribution in [0.15, 0.2) is 0 Å². The van der Waals surface area contributed by atoms with Crippen LogP contribution < -0.4 is 16.0 Å². The van der Waals surface area contributed by atoms with Crippen LogP contribution in [0.3, 0.4) is 0 Å². The van der Waals surface area contributed by atoms with E-state index in [0.717, 1.165) is 25.7 Å². The van der Waals surface area contributed by atoms with Crippen molar-refractivity contribution >= 4 is 0 Å². The molecule has 2 saturated heterocycles. The molecule has 0 saturated carbocycles. The highest BCUT2D eigenvalue weighted by Crippen LogP contribution is 2.05. The largest absolute Gasteiger partial charge is 0.315 e. The second kappa shape index (κ2) is 6.35. The zero-order valence-electron chi connectivity index (χ0n) is 8.90. The first kappa shape index (κ1) is 11.0. The van der Waals surface area contributed by atoms with E-state index in [9.17, 15) is 0 Å². The molecule has 2 fully saturated rings. The van der Waals surface area contributed by atoms with Gasteiger partial charge in [-0.25, -0.2) is 0 Å². The summed E-state index contributed by atoms with van der Waals surface area (Å²) in [5.41, 5.74) is 0. The standard InChI is InChI=1S/C7H15N3.C3H8/c1-2-8-5-7-6(1)9-3-4-10-7;1-3-2/h6-10H,1-5H2;3H2,1-2H3. The molecule has 2 atom stereocenters. The highest BCUT2D eigenvalue weighted by Gasteiger charge is 2.25. The molecular weight excluding hydrogens is 162 g/mol.